The smallest absolute Gasteiger partial charge is 0.245 e. The minimum Gasteiger partial charge on any atom is -0.342 e. The van der Waals surface area contributed by atoms with Crippen LogP contribution >= 0.6 is 0 Å². The Labute approximate surface area is 133 Å². The van der Waals surface area contributed by atoms with E-state index in [-0.39, 0.29) is 17.9 Å². The average molecular weight is 302 g/mol. The third-order valence-corrected chi connectivity index (χ3v) is 4.34. The standard InChI is InChI=1S/C18H26N2O2/c1-3-4-10-16-18(22)19(2)13-14-20(16)17(21)12-11-15-8-6-5-7-9-15/h5-9,16H,3-4,10-14H2,1-2H3/t16-/m0/s1. The van der Waals surface area contributed by atoms with Gasteiger partial charge in [0.15, 0.2) is 0 Å². The number of carbonyl (C=O) groups is 2. The molecule has 0 spiro atoms. The summed E-state index contributed by atoms with van der Waals surface area (Å²) in [5, 5.41) is 0. The number of carbonyl (C=O) groups excluding carboxylic acids is 2. The lowest BCUT2D eigenvalue weighted by molar-refractivity contribution is -0.150. The largest absolute Gasteiger partial charge is 0.342 e. The third-order valence-electron chi connectivity index (χ3n) is 4.34. The zero-order valence-electron chi connectivity index (χ0n) is 13.6. The maximum Gasteiger partial charge on any atom is 0.245 e. The monoisotopic (exact) mass is 302 g/mol. The molecule has 0 aromatic heterocycles. The van der Waals surface area contributed by atoms with E-state index in [0.29, 0.717) is 19.5 Å². The molecule has 0 N–H and O–H groups in total. The highest BCUT2D eigenvalue weighted by Gasteiger charge is 2.34. The minimum absolute atomic E-state index is 0.0905. The molecule has 22 heavy (non-hydrogen) atoms. The number of benzene rings is 1. The fourth-order valence-corrected chi connectivity index (χ4v) is 2.93. The average Bonchev–Trinajstić information content (AvgIpc) is 2.55. The fraction of sp³-hybridized carbons (Fsp3) is 0.556. The van der Waals surface area contributed by atoms with Crippen molar-refractivity contribution in [2.45, 2.75) is 45.1 Å². The summed E-state index contributed by atoms with van der Waals surface area (Å²) in [6.07, 6.45) is 4.01. The Morgan fingerprint density at radius 3 is 2.64 bits per heavy atom. The highest BCUT2D eigenvalue weighted by Crippen LogP contribution is 2.18. The second kappa shape index (κ2) is 7.97. The van der Waals surface area contributed by atoms with Crippen LogP contribution in [0, 0.1) is 0 Å². The molecule has 2 rings (SSSR count). The van der Waals surface area contributed by atoms with Crippen molar-refractivity contribution in [3.63, 3.8) is 0 Å². The van der Waals surface area contributed by atoms with Gasteiger partial charge in [0.05, 0.1) is 0 Å². The molecule has 120 valence electrons. The highest BCUT2D eigenvalue weighted by atomic mass is 16.2. The molecular formula is C18H26N2O2. The summed E-state index contributed by atoms with van der Waals surface area (Å²) >= 11 is 0. The van der Waals surface area contributed by atoms with Gasteiger partial charge in [-0.3, -0.25) is 9.59 Å². The van der Waals surface area contributed by atoms with E-state index in [0.717, 1.165) is 25.7 Å². The quantitative estimate of drug-likeness (QED) is 0.810. The molecule has 2 amide bonds. The van der Waals surface area contributed by atoms with Crippen molar-refractivity contribution >= 4 is 11.8 Å². The lowest BCUT2D eigenvalue weighted by atomic mass is 10.0. The molecule has 1 aliphatic heterocycles. The molecule has 0 unspecified atom stereocenters. The van der Waals surface area contributed by atoms with Gasteiger partial charge in [0.2, 0.25) is 11.8 Å². The summed E-state index contributed by atoms with van der Waals surface area (Å²) < 4.78 is 0. The Morgan fingerprint density at radius 1 is 1.23 bits per heavy atom. The first-order valence-corrected chi connectivity index (χ1v) is 8.22. The molecular weight excluding hydrogens is 276 g/mol. The molecule has 0 aliphatic carbocycles. The van der Waals surface area contributed by atoms with Gasteiger partial charge in [0.25, 0.3) is 0 Å². The van der Waals surface area contributed by atoms with E-state index in [4.69, 9.17) is 0 Å². The van der Waals surface area contributed by atoms with Gasteiger partial charge in [-0.1, -0.05) is 50.1 Å². The van der Waals surface area contributed by atoms with Crippen molar-refractivity contribution in [1.82, 2.24) is 9.80 Å². The SMILES string of the molecule is CCCC[C@H]1C(=O)N(C)CCN1C(=O)CCc1ccccc1. The fourth-order valence-electron chi connectivity index (χ4n) is 2.93. The predicted octanol–water partition coefficient (Wildman–Crippen LogP) is 2.48. The first-order chi connectivity index (χ1) is 10.6. The van der Waals surface area contributed by atoms with Gasteiger partial charge in [0.1, 0.15) is 6.04 Å². The predicted molar refractivity (Wildman–Crippen MR) is 87.4 cm³/mol. The zero-order chi connectivity index (χ0) is 15.9. The number of amides is 2. The van der Waals surface area contributed by atoms with Crippen LogP contribution in [0.2, 0.25) is 0 Å². The number of unbranched alkanes of at least 4 members (excludes halogenated alkanes) is 1. The zero-order valence-corrected chi connectivity index (χ0v) is 13.6. The minimum atomic E-state index is -0.262. The number of hydrogen-bond acceptors (Lipinski definition) is 2. The van der Waals surface area contributed by atoms with E-state index >= 15 is 0 Å². The molecule has 1 aromatic carbocycles. The summed E-state index contributed by atoms with van der Waals surface area (Å²) in [5.41, 5.74) is 1.17. The van der Waals surface area contributed by atoms with Crippen molar-refractivity contribution in [2.75, 3.05) is 20.1 Å². The van der Waals surface area contributed by atoms with Crippen LogP contribution in [-0.2, 0) is 16.0 Å². The van der Waals surface area contributed by atoms with E-state index in [1.165, 1.54) is 5.56 Å². The molecule has 1 atom stereocenters. The maximum atomic E-state index is 12.6. The summed E-state index contributed by atoms with van der Waals surface area (Å²) in [6, 6.07) is 9.77. The number of likely N-dealkylation sites (N-methyl/N-ethyl adjacent to an activating group) is 1. The van der Waals surface area contributed by atoms with Crippen molar-refractivity contribution in [3.05, 3.63) is 35.9 Å². The first-order valence-electron chi connectivity index (χ1n) is 8.22. The molecule has 1 aliphatic rings. The van der Waals surface area contributed by atoms with Crippen molar-refractivity contribution < 1.29 is 9.59 Å². The maximum absolute atomic E-state index is 12.6. The molecule has 1 aromatic rings. The van der Waals surface area contributed by atoms with Crippen LogP contribution in [0.1, 0.15) is 38.2 Å². The van der Waals surface area contributed by atoms with E-state index in [1.807, 2.05) is 37.4 Å². The van der Waals surface area contributed by atoms with Gasteiger partial charge in [-0.15, -0.1) is 0 Å². The van der Waals surface area contributed by atoms with Gasteiger partial charge >= 0.3 is 0 Å². The number of aryl methyl sites for hydroxylation is 1. The summed E-state index contributed by atoms with van der Waals surface area (Å²) in [5.74, 6) is 0.194. The second-order valence-corrected chi connectivity index (χ2v) is 5.99. The summed E-state index contributed by atoms with van der Waals surface area (Å²) in [6.45, 7) is 3.40. The van der Waals surface area contributed by atoms with E-state index in [2.05, 4.69) is 6.92 Å². The van der Waals surface area contributed by atoms with Crippen LogP contribution in [0.25, 0.3) is 0 Å². The molecule has 0 radical (unpaired) electrons. The lowest BCUT2D eigenvalue weighted by Crippen LogP contribution is -2.57. The molecule has 0 bridgehead atoms. The Hall–Kier alpha value is -1.84. The van der Waals surface area contributed by atoms with E-state index < -0.39 is 0 Å². The van der Waals surface area contributed by atoms with Crippen molar-refractivity contribution in [2.24, 2.45) is 0 Å². The summed E-state index contributed by atoms with van der Waals surface area (Å²) in [7, 11) is 1.83. The Kier molecular flexibility index (Phi) is 5.99. The lowest BCUT2D eigenvalue weighted by Gasteiger charge is -2.39. The Balaban J connectivity index is 1.97. The number of rotatable bonds is 6. The number of nitrogens with zero attached hydrogens (tertiary/aromatic N) is 2. The van der Waals surface area contributed by atoms with Gasteiger partial charge in [-0.05, 0) is 18.4 Å². The molecule has 4 heteroatoms. The van der Waals surface area contributed by atoms with Crippen LogP contribution in [0.4, 0.5) is 0 Å². The Morgan fingerprint density at radius 2 is 1.95 bits per heavy atom. The van der Waals surface area contributed by atoms with Crippen LogP contribution in [-0.4, -0.2) is 47.8 Å². The van der Waals surface area contributed by atoms with Gasteiger partial charge in [0, 0.05) is 26.6 Å². The van der Waals surface area contributed by atoms with Crippen LogP contribution in [0.3, 0.4) is 0 Å². The Bertz CT molecular complexity index is 501. The van der Waals surface area contributed by atoms with E-state index in [9.17, 15) is 9.59 Å². The van der Waals surface area contributed by atoms with Gasteiger partial charge in [-0.25, -0.2) is 0 Å². The normalized spacial score (nSPS) is 18.6. The summed E-state index contributed by atoms with van der Waals surface area (Å²) in [4.78, 5) is 28.5. The van der Waals surface area contributed by atoms with Crippen molar-refractivity contribution in [3.8, 4) is 0 Å². The highest BCUT2D eigenvalue weighted by molar-refractivity contribution is 5.88. The number of hydrogen-bond donors (Lipinski definition) is 0. The molecule has 1 heterocycles. The second-order valence-electron chi connectivity index (χ2n) is 5.99. The molecule has 4 nitrogen and oxygen atoms in total. The van der Waals surface area contributed by atoms with Gasteiger partial charge < -0.3 is 9.80 Å². The number of piperazine rings is 1. The van der Waals surface area contributed by atoms with Crippen molar-refractivity contribution in [1.29, 1.82) is 0 Å². The molecule has 1 saturated heterocycles. The topological polar surface area (TPSA) is 40.6 Å². The van der Waals surface area contributed by atoms with Gasteiger partial charge in [-0.2, -0.15) is 0 Å². The first kappa shape index (κ1) is 16.5. The van der Waals surface area contributed by atoms with Crippen LogP contribution < -0.4 is 0 Å². The third kappa shape index (κ3) is 4.09. The molecule has 1 fully saturated rings. The van der Waals surface area contributed by atoms with Crippen LogP contribution in [0.5, 0.6) is 0 Å². The van der Waals surface area contributed by atoms with E-state index in [1.54, 1.807) is 9.80 Å². The molecule has 0 saturated carbocycles. The van der Waals surface area contributed by atoms with Crippen LogP contribution in [0.15, 0.2) is 30.3 Å².